The molecule has 1 aliphatic heterocycles. The predicted octanol–water partition coefficient (Wildman–Crippen LogP) is 4.52. The van der Waals surface area contributed by atoms with Crippen LogP contribution in [0.3, 0.4) is 0 Å². The molecule has 3 aromatic carbocycles. The Morgan fingerprint density at radius 3 is 2.26 bits per heavy atom. The molecule has 0 spiro atoms. The topological polar surface area (TPSA) is 135 Å². The number of aromatic hydroxyl groups is 3. The summed E-state index contributed by atoms with van der Waals surface area (Å²) in [6.45, 7) is 0.404. The summed E-state index contributed by atoms with van der Waals surface area (Å²) in [5, 5.41) is 33.2. The van der Waals surface area contributed by atoms with E-state index in [2.05, 4.69) is 4.98 Å². The van der Waals surface area contributed by atoms with Gasteiger partial charge in [0, 0.05) is 40.1 Å². The van der Waals surface area contributed by atoms with E-state index in [-0.39, 0.29) is 40.1 Å². The number of phenols is 3. The lowest BCUT2D eigenvalue weighted by molar-refractivity contribution is 0.331. The zero-order valence-corrected chi connectivity index (χ0v) is 21.7. The van der Waals surface area contributed by atoms with E-state index in [1.54, 1.807) is 24.3 Å². The molecular weight excluding hydrogens is 504 g/mol. The number of hydrogen-bond acceptors (Lipinski definition) is 8. The quantitative estimate of drug-likeness (QED) is 0.260. The number of H-pyrrole nitrogens is 1. The lowest BCUT2D eigenvalue weighted by Crippen LogP contribution is -2.16. The Hall–Kier alpha value is -4.99. The number of benzene rings is 3. The molecule has 3 heterocycles. The van der Waals surface area contributed by atoms with Crippen LogP contribution in [0.5, 0.6) is 40.2 Å². The Bertz CT molecular complexity index is 1870. The highest BCUT2D eigenvalue weighted by Crippen LogP contribution is 2.52. The van der Waals surface area contributed by atoms with Crippen LogP contribution in [0.4, 0.5) is 0 Å². The highest BCUT2D eigenvalue weighted by molar-refractivity contribution is 6.17. The minimum absolute atomic E-state index is 0.0250. The first-order valence-electron chi connectivity index (χ1n) is 12.2. The molecule has 0 atom stereocenters. The van der Waals surface area contributed by atoms with E-state index >= 15 is 0 Å². The van der Waals surface area contributed by atoms with E-state index in [4.69, 9.17) is 18.9 Å². The zero-order chi connectivity index (χ0) is 27.6. The van der Waals surface area contributed by atoms with Crippen LogP contribution in [0.2, 0.25) is 0 Å². The second-order valence-electron chi connectivity index (χ2n) is 9.25. The van der Waals surface area contributed by atoms with Gasteiger partial charge < -0.3 is 43.8 Å². The third-order valence-corrected chi connectivity index (χ3v) is 7.37. The summed E-state index contributed by atoms with van der Waals surface area (Å²) >= 11 is 0. The van der Waals surface area contributed by atoms with Crippen LogP contribution in [0.25, 0.3) is 44.2 Å². The van der Waals surface area contributed by atoms with Gasteiger partial charge >= 0.3 is 0 Å². The van der Waals surface area contributed by atoms with Crippen LogP contribution in [0, 0.1) is 0 Å². The first kappa shape index (κ1) is 24.4. The first-order valence-corrected chi connectivity index (χ1v) is 12.2. The van der Waals surface area contributed by atoms with E-state index in [0.717, 1.165) is 0 Å². The van der Waals surface area contributed by atoms with Crippen LogP contribution < -0.4 is 24.5 Å². The van der Waals surface area contributed by atoms with Crippen molar-refractivity contribution in [2.24, 2.45) is 0 Å². The Morgan fingerprint density at radius 1 is 0.846 bits per heavy atom. The van der Waals surface area contributed by atoms with Gasteiger partial charge in [-0.15, -0.1) is 0 Å². The van der Waals surface area contributed by atoms with Crippen LogP contribution >= 0.6 is 0 Å². The molecule has 1 aliphatic rings. The van der Waals surface area contributed by atoms with Crippen molar-refractivity contribution in [1.29, 1.82) is 0 Å². The second-order valence-corrected chi connectivity index (χ2v) is 9.25. The highest BCUT2D eigenvalue weighted by atomic mass is 16.5. The maximum Gasteiger partial charge on any atom is 0.272 e. The minimum atomic E-state index is -0.339. The van der Waals surface area contributed by atoms with Gasteiger partial charge in [-0.2, -0.15) is 0 Å². The number of fused-ring (bicyclic) bond motifs is 7. The van der Waals surface area contributed by atoms with Gasteiger partial charge in [-0.1, -0.05) is 6.07 Å². The van der Waals surface area contributed by atoms with E-state index < -0.39 is 0 Å². The van der Waals surface area contributed by atoms with Crippen molar-refractivity contribution < 1.29 is 34.3 Å². The number of ether oxygens (including phenoxy) is 4. The highest BCUT2D eigenvalue weighted by Gasteiger charge is 2.32. The van der Waals surface area contributed by atoms with Gasteiger partial charge in [-0.3, -0.25) is 4.79 Å². The Morgan fingerprint density at radius 2 is 1.56 bits per heavy atom. The summed E-state index contributed by atoms with van der Waals surface area (Å²) in [4.78, 5) is 16.5. The molecular formula is C29H26N2O8. The summed E-state index contributed by atoms with van der Waals surface area (Å²) in [7, 11) is 5.88. The molecule has 0 aliphatic carbocycles. The van der Waals surface area contributed by atoms with Crippen LogP contribution in [-0.2, 0) is 13.0 Å². The minimum Gasteiger partial charge on any atom is -0.504 e. The van der Waals surface area contributed by atoms with Gasteiger partial charge in [0.2, 0.25) is 5.75 Å². The molecule has 0 saturated carbocycles. The third kappa shape index (κ3) is 3.37. The molecule has 0 saturated heterocycles. The van der Waals surface area contributed by atoms with Crippen molar-refractivity contribution in [3.05, 3.63) is 52.3 Å². The van der Waals surface area contributed by atoms with Crippen molar-refractivity contribution in [2.75, 3.05) is 28.4 Å². The monoisotopic (exact) mass is 530 g/mol. The molecule has 39 heavy (non-hydrogen) atoms. The predicted molar refractivity (Wildman–Crippen MR) is 146 cm³/mol. The average Bonchev–Trinajstić information content (AvgIpc) is 3.29. The van der Waals surface area contributed by atoms with Crippen LogP contribution in [0.15, 0.2) is 41.2 Å². The smallest absolute Gasteiger partial charge is 0.272 e. The van der Waals surface area contributed by atoms with Crippen molar-refractivity contribution in [3.63, 3.8) is 0 Å². The van der Waals surface area contributed by atoms with E-state index in [9.17, 15) is 20.1 Å². The summed E-state index contributed by atoms with van der Waals surface area (Å²) < 4.78 is 23.7. The van der Waals surface area contributed by atoms with Crippen LogP contribution in [0.1, 0.15) is 5.56 Å². The zero-order valence-electron chi connectivity index (χ0n) is 21.7. The Balaban J connectivity index is 1.86. The molecule has 0 fully saturated rings. The van der Waals surface area contributed by atoms with E-state index in [0.29, 0.717) is 68.5 Å². The first-order chi connectivity index (χ1) is 18.8. The van der Waals surface area contributed by atoms with Gasteiger partial charge in [0.05, 0.1) is 39.6 Å². The van der Waals surface area contributed by atoms with Gasteiger partial charge in [0.1, 0.15) is 5.52 Å². The number of phenolic OH excluding ortho intramolecular Hbond substituents is 3. The second kappa shape index (κ2) is 8.80. The van der Waals surface area contributed by atoms with Crippen LogP contribution in [-0.4, -0.2) is 53.3 Å². The van der Waals surface area contributed by atoms with Crippen molar-refractivity contribution in [2.45, 2.75) is 13.0 Å². The number of nitrogens with zero attached hydrogens (tertiary/aromatic N) is 1. The fourth-order valence-corrected chi connectivity index (χ4v) is 5.66. The standard InChI is InChI=1S/C29H26N2O8/c1-36-20-9-13(5-6-18(20)32)23-24-16-11-21(37-2)19(33)12-17(16)30-29(35)26(24)31-8-7-14-15(25(23)31)10-22(38-3)28(39-4)27(14)34/h5-6,9-12,32-34H,7-8H2,1-4H3,(H,30,35). The van der Waals surface area contributed by atoms with Crippen molar-refractivity contribution in [3.8, 4) is 62.6 Å². The molecule has 0 radical (unpaired) electrons. The Labute approximate surface area is 222 Å². The normalized spacial score (nSPS) is 12.3. The number of aromatic nitrogens is 2. The molecule has 10 nitrogen and oxygen atoms in total. The molecule has 0 bridgehead atoms. The van der Waals surface area contributed by atoms with Gasteiger partial charge in [0.25, 0.3) is 5.56 Å². The van der Waals surface area contributed by atoms with Gasteiger partial charge in [-0.25, -0.2) is 0 Å². The summed E-state index contributed by atoms with van der Waals surface area (Å²) in [6.07, 6.45) is 0.438. The Kier molecular flexibility index (Phi) is 5.49. The van der Waals surface area contributed by atoms with Crippen molar-refractivity contribution in [1.82, 2.24) is 9.55 Å². The largest absolute Gasteiger partial charge is 0.504 e. The van der Waals surface area contributed by atoms with Gasteiger partial charge in [-0.05, 0) is 36.2 Å². The number of nitrogens with one attached hydrogen (secondary N) is 1. The summed E-state index contributed by atoms with van der Waals surface area (Å²) in [5.74, 6) is 0.920. The molecule has 0 amide bonds. The van der Waals surface area contributed by atoms with Gasteiger partial charge in [0.15, 0.2) is 34.5 Å². The van der Waals surface area contributed by atoms with E-state index in [1.165, 1.54) is 40.6 Å². The molecule has 6 rings (SSSR count). The molecule has 4 N–H and O–H groups in total. The lowest BCUT2D eigenvalue weighted by atomic mass is 9.91. The maximum absolute atomic E-state index is 13.6. The molecule has 200 valence electrons. The number of hydrogen-bond donors (Lipinski definition) is 4. The number of rotatable bonds is 5. The summed E-state index contributed by atoms with van der Waals surface area (Å²) in [5.41, 5.74) is 3.88. The molecule has 2 aromatic heterocycles. The lowest BCUT2D eigenvalue weighted by Gasteiger charge is -2.24. The number of methoxy groups -OCH3 is 4. The molecule has 5 aromatic rings. The number of aromatic amines is 1. The van der Waals surface area contributed by atoms with Crippen molar-refractivity contribution >= 4 is 21.8 Å². The fraction of sp³-hybridized carbons (Fsp3) is 0.207. The summed E-state index contributed by atoms with van der Waals surface area (Å²) in [6, 6.07) is 9.91. The number of aryl methyl sites for hydroxylation is 1. The molecule has 10 heteroatoms. The maximum atomic E-state index is 13.6. The van der Waals surface area contributed by atoms with E-state index in [1.807, 2.05) is 4.57 Å². The number of pyridine rings is 1. The SMILES string of the molecule is COc1cc(-c2c3n(c4c(=O)[nH]c5cc(O)c(OC)cc5c24)CCc2c-3cc(OC)c(OC)c2O)ccc1O. The average molecular weight is 531 g/mol. The molecule has 0 unspecified atom stereocenters. The fourth-order valence-electron chi connectivity index (χ4n) is 5.66. The third-order valence-electron chi connectivity index (χ3n) is 7.37.